The molecular formula is C19H15Cl2F3N4OS. The van der Waals surface area contributed by atoms with E-state index in [2.05, 4.69) is 15.5 Å². The van der Waals surface area contributed by atoms with E-state index < -0.39 is 17.6 Å². The summed E-state index contributed by atoms with van der Waals surface area (Å²) in [7, 11) is 0. The molecule has 0 unspecified atom stereocenters. The minimum Gasteiger partial charge on any atom is -0.345 e. The maximum Gasteiger partial charge on any atom is 0.416 e. The molecule has 0 radical (unpaired) electrons. The van der Waals surface area contributed by atoms with Crippen LogP contribution in [0.4, 0.5) is 13.2 Å². The van der Waals surface area contributed by atoms with Crippen LogP contribution in [0.2, 0.25) is 10.0 Å². The summed E-state index contributed by atoms with van der Waals surface area (Å²) in [5.74, 6) is 0.421. The van der Waals surface area contributed by atoms with Crippen LogP contribution in [0, 0.1) is 0 Å². The van der Waals surface area contributed by atoms with Crippen LogP contribution in [0.3, 0.4) is 0 Å². The van der Waals surface area contributed by atoms with E-state index in [1.54, 1.807) is 6.07 Å². The highest BCUT2D eigenvalue weighted by atomic mass is 35.5. The monoisotopic (exact) mass is 474 g/mol. The van der Waals surface area contributed by atoms with E-state index in [1.165, 1.54) is 40.6 Å². The number of hydrogen-bond acceptors (Lipinski definition) is 4. The summed E-state index contributed by atoms with van der Waals surface area (Å²) >= 11 is 13.3. The van der Waals surface area contributed by atoms with Crippen LogP contribution in [-0.2, 0) is 12.7 Å². The molecule has 0 bridgehead atoms. The Kier molecular flexibility index (Phi) is 6.95. The lowest BCUT2D eigenvalue weighted by Gasteiger charge is -2.13. The zero-order chi connectivity index (χ0) is 21.9. The van der Waals surface area contributed by atoms with Gasteiger partial charge >= 0.3 is 6.18 Å². The topological polar surface area (TPSA) is 59.8 Å². The Balaban J connectivity index is 1.91. The summed E-state index contributed by atoms with van der Waals surface area (Å²) in [6, 6.07) is 9.32. The highest BCUT2D eigenvalue weighted by molar-refractivity contribution is 7.99. The largest absolute Gasteiger partial charge is 0.416 e. The molecule has 11 heteroatoms. The predicted octanol–water partition coefficient (Wildman–Crippen LogP) is 5.63. The third-order valence-electron chi connectivity index (χ3n) is 3.99. The molecule has 1 amide bonds. The van der Waals surface area contributed by atoms with Gasteiger partial charge in [-0.2, -0.15) is 13.2 Å². The minimum atomic E-state index is -4.49. The molecule has 3 aromatic rings. The molecule has 158 valence electrons. The number of nitrogens with zero attached hydrogens (tertiary/aromatic N) is 3. The Morgan fingerprint density at radius 1 is 1.17 bits per heavy atom. The van der Waals surface area contributed by atoms with Gasteiger partial charge in [-0.15, -0.1) is 10.2 Å². The maximum atomic E-state index is 13.1. The zero-order valence-corrected chi connectivity index (χ0v) is 17.8. The number of nitrogens with one attached hydrogen (secondary N) is 1. The molecule has 0 atom stereocenters. The first-order valence-electron chi connectivity index (χ1n) is 8.68. The summed E-state index contributed by atoms with van der Waals surface area (Å²) in [6.45, 7) is 1.81. The fraction of sp³-hybridized carbons (Fsp3) is 0.211. The average Bonchev–Trinajstić information content (AvgIpc) is 3.10. The fourth-order valence-corrected chi connectivity index (χ4v) is 3.72. The maximum absolute atomic E-state index is 13.1. The van der Waals surface area contributed by atoms with Crippen molar-refractivity contribution in [2.75, 3.05) is 5.75 Å². The van der Waals surface area contributed by atoms with Gasteiger partial charge in [0.05, 0.1) is 28.4 Å². The number of hydrogen-bond donors (Lipinski definition) is 1. The number of aromatic nitrogens is 3. The molecule has 0 fully saturated rings. The lowest BCUT2D eigenvalue weighted by Crippen LogP contribution is -2.25. The van der Waals surface area contributed by atoms with Gasteiger partial charge in [-0.05, 0) is 42.2 Å². The molecule has 0 saturated carbocycles. The summed E-state index contributed by atoms with van der Waals surface area (Å²) < 4.78 is 40.9. The highest BCUT2D eigenvalue weighted by Gasteiger charge is 2.31. The van der Waals surface area contributed by atoms with Gasteiger partial charge in [-0.3, -0.25) is 9.36 Å². The van der Waals surface area contributed by atoms with Crippen LogP contribution < -0.4 is 5.32 Å². The van der Waals surface area contributed by atoms with Crippen molar-refractivity contribution in [3.8, 4) is 5.69 Å². The van der Waals surface area contributed by atoms with Crippen LogP contribution in [0.15, 0.2) is 47.6 Å². The van der Waals surface area contributed by atoms with Crippen molar-refractivity contribution in [1.29, 1.82) is 0 Å². The molecule has 3 rings (SSSR count). The van der Waals surface area contributed by atoms with E-state index >= 15 is 0 Å². The van der Waals surface area contributed by atoms with Crippen molar-refractivity contribution in [2.45, 2.75) is 24.8 Å². The number of alkyl halides is 3. The van der Waals surface area contributed by atoms with Crippen molar-refractivity contribution in [3.63, 3.8) is 0 Å². The Morgan fingerprint density at radius 3 is 2.63 bits per heavy atom. The van der Waals surface area contributed by atoms with Gasteiger partial charge in [0.1, 0.15) is 0 Å². The fourth-order valence-electron chi connectivity index (χ4n) is 2.64. The van der Waals surface area contributed by atoms with Crippen molar-refractivity contribution in [3.05, 3.63) is 69.5 Å². The van der Waals surface area contributed by atoms with Crippen LogP contribution in [-0.4, -0.2) is 26.4 Å². The lowest BCUT2D eigenvalue weighted by molar-refractivity contribution is -0.137. The number of rotatable bonds is 6. The molecule has 1 aromatic heterocycles. The van der Waals surface area contributed by atoms with E-state index in [4.69, 9.17) is 23.2 Å². The number of carbonyl (C=O) groups excluding carboxylic acids is 1. The Bertz CT molecular complexity index is 1070. The normalized spacial score (nSPS) is 11.5. The molecular weight excluding hydrogens is 460 g/mol. The molecule has 0 aliphatic rings. The third-order valence-corrected chi connectivity index (χ3v) is 5.36. The van der Waals surface area contributed by atoms with Crippen molar-refractivity contribution < 1.29 is 18.0 Å². The van der Waals surface area contributed by atoms with Crippen LogP contribution in [0.1, 0.15) is 28.7 Å². The Hall–Kier alpha value is -2.23. The second-order valence-electron chi connectivity index (χ2n) is 6.02. The number of halogens is 5. The molecule has 0 spiro atoms. The van der Waals surface area contributed by atoms with E-state index in [1.807, 2.05) is 6.92 Å². The van der Waals surface area contributed by atoms with Gasteiger partial charge in [0.2, 0.25) is 0 Å². The number of amides is 1. The lowest BCUT2D eigenvalue weighted by atomic mass is 10.2. The van der Waals surface area contributed by atoms with Gasteiger partial charge in [0.15, 0.2) is 11.0 Å². The van der Waals surface area contributed by atoms with Crippen LogP contribution in [0.5, 0.6) is 0 Å². The first-order chi connectivity index (χ1) is 14.2. The van der Waals surface area contributed by atoms with Gasteiger partial charge in [0, 0.05) is 5.02 Å². The van der Waals surface area contributed by atoms with Gasteiger partial charge < -0.3 is 5.32 Å². The predicted molar refractivity (Wildman–Crippen MR) is 110 cm³/mol. The van der Waals surface area contributed by atoms with Crippen LogP contribution >= 0.6 is 35.0 Å². The standard InChI is InChI=1S/C19H15Cl2F3N4OS/c1-2-30-18-27-26-16(10-25-17(29)14-9-12(20)6-7-15(14)21)28(18)13-5-3-4-11(8-13)19(22,23)24/h3-9H,2,10H2,1H3,(H,25,29). The Morgan fingerprint density at radius 2 is 1.93 bits per heavy atom. The van der Waals surface area contributed by atoms with Crippen molar-refractivity contribution >= 4 is 40.9 Å². The summed E-state index contributed by atoms with van der Waals surface area (Å²) in [6.07, 6.45) is -4.49. The molecule has 5 nitrogen and oxygen atoms in total. The van der Waals surface area contributed by atoms with Crippen molar-refractivity contribution in [1.82, 2.24) is 20.1 Å². The second-order valence-corrected chi connectivity index (χ2v) is 8.10. The minimum absolute atomic E-state index is 0.0742. The van der Waals surface area contributed by atoms with Crippen LogP contribution in [0.25, 0.3) is 5.69 Å². The van der Waals surface area contributed by atoms with Gasteiger partial charge in [0.25, 0.3) is 5.91 Å². The van der Waals surface area contributed by atoms with E-state index in [-0.39, 0.29) is 28.6 Å². The molecule has 0 aliphatic carbocycles. The van der Waals surface area contributed by atoms with Crippen molar-refractivity contribution in [2.24, 2.45) is 0 Å². The first kappa shape index (κ1) is 22.5. The summed E-state index contributed by atoms with van der Waals surface area (Å²) in [4.78, 5) is 12.5. The summed E-state index contributed by atoms with van der Waals surface area (Å²) in [5, 5.41) is 11.7. The number of benzene rings is 2. The zero-order valence-electron chi connectivity index (χ0n) is 15.5. The smallest absolute Gasteiger partial charge is 0.345 e. The van der Waals surface area contributed by atoms with E-state index in [0.29, 0.717) is 15.9 Å². The summed E-state index contributed by atoms with van der Waals surface area (Å²) in [5.41, 5.74) is -0.366. The van der Waals surface area contributed by atoms with Gasteiger partial charge in [-0.25, -0.2) is 0 Å². The molecule has 1 N–H and O–H groups in total. The molecule has 1 heterocycles. The average molecular weight is 475 g/mol. The Labute approximate surface area is 184 Å². The number of carbonyl (C=O) groups is 1. The van der Waals surface area contributed by atoms with Gasteiger partial charge in [-0.1, -0.05) is 48.0 Å². The first-order valence-corrected chi connectivity index (χ1v) is 10.4. The van der Waals surface area contributed by atoms with E-state index in [0.717, 1.165) is 12.1 Å². The second kappa shape index (κ2) is 9.28. The molecule has 30 heavy (non-hydrogen) atoms. The quantitative estimate of drug-likeness (QED) is 0.470. The molecule has 0 saturated heterocycles. The molecule has 0 aliphatic heterocycles. The third kappa shape index (κ3) is 5.08. The highest BCUT2D eigenvalue weighted by Crippen LogP contribution is 2.31. The SMILES string of the molecule is CCSc1nnc(CNC(=O)c2cc(Cl)ccc2Cl)n1-c1cccc(C(F)(F)F)c1. The van der Waals surface area contributed by atoms with E-state index in [9.17, 15) is 18.0 Å². The molecule has 2 aromatic carbocycles. The number of thioether (sulfide) groups is 1.